The zero-order chi connectivity index (χ0) is 12.1. The van der Waals surface area contributed by atoms with E-state index in [1.807, 2.05) is 0 Å². The summed E-state index contributed by atoms with van der Waals surface area (Å²) in [6.45, 7) is 1.94. The van der Waals surface area contributed by atoms with Crippen molar-refractivity contribution in [1.29, 1.82) is 5.26 Å². The lowest BCUT2D eigenvalue weighted by molar-refractivity contribution is -0.142. The number of carbonyl (C=O) groups is 1. The first-order valence-electron chi connectivity index (χ1n) is 4.62. The van der Waals surface area contributed by atoms with Gasteiger partial charge in [-0.05, 0) is 18.6 Å². The van der Waals surface area contributed by atoms with Gasteiger partial charge in [-0.15, -0.1) is 0 Å². The molecule has 16 heavy (non-hydrogen) atoms. The van der Waals surface area contributed by atoms with Gasteiger partial charge < -0.3 is 4.74 Å². The van der Waals surface area contributed by atoms with E-state index in [1.165, 1.54) is 12.1 Å². The molecule has 3 nitrogen and oxygen atoms in total. The van der Waals surface area contributed by atoms with Crippen molar-refractivity contribution in [3.05, 3.63) is 34.1 Å². The minimum atomic E-state index is -0.800. The van der Waals surface area contributed by atoms with E-state index in [2.05, 4.69) is 0 Å². The van der Waals surface area contributed by atoms with Crippen LogP contribution in [0.25, 0.3) is 0 Å². The minimum Gasteiger partial charge on any atom is -0.466 e. The predicted octanol–water partition coefficient (Wildman–Crippen LogP) is 2.46. The summed E-state index contributed by atoms with van der Waals surface area (Å²) in [6.07, 6.45) is -0.102. The van der Waals surface area contributed by atoms with Gasteiger partial charge >= 0.3 is 5.97 Å². The largest absolute Gasteiger partial charge is 0.466 e. The quantitative estimate of drug-likeness (QED) is 0.764. The van der Waals surface area contributed by atoms with Crippen molar-refractivity contribution in [2.45, 2.75) is 13.3 Å². The summed E-state index contributed by atoms with van der Waals surface area (Å²) in [5.74, 6) is -1.28. The molecule has 84 valence electrons. The Morgan fingerprint density at radius 3 is 2.88 bits per heavy atom. The summed E-state index contributed by atoms with van der Waals surface area (Å²) in [6, 6.07) is 4.40. The van der Waals surface area contributed by atoms with Crippen LogP contribution in [-0.2, 0) is 16.0 Å². The third-order valence-corrected chi connectivity index (χ3v) is 2.33. The summed E-state index contributed by atoms with van der Waals surface area (Å²) < 4.78 is 18.1. The number of hydrogen-bond acceptors (Lipinski definition) is 3. The molecule has 0 N–H and O–H groups in total. The van der Waals surface area contributed by atoms with Gasteiger partial charge in [-0.25, -0.2) is 4.39 Å². The molecule has 0 aliphatic rings. The van der Waals surface area contributed by atoms with Gasteiger partial charge in [0.15, 0.2) is 5.82 Å². The molecule has 1 aromatic rings. The Balaban J connectivity index is 2.96. The average Bonchev–Trinajstić information content (AvgIpc) is 2.25. The van der Waals surface area contributed by atoms with Crippen LogP contribution in [0.2, 0.25) is 5.02 Å². The average molecular weight is 242 g/mol. The summed E-state index contributed by atoms with van der Waals surface area (Å²) in [4.78, 5) is 11.2. The third-order valence-electron chi connectivity index (χ3n) is 1.92. The van der Waals surface area contributed by atoms with Crippen LogP contribution in [0.4, 0.5) is 4.39 Å². The van der Waals surface area contributed by atoms with Gasteiger partial charge in [-0.2, -0.15) is 5.26 Å². The molecule has 0 aromatic heterocycles. The second-order valence-corrected chi connectivity index (χ2v) is 3.37. The minimum absolute atomic E-state index is 0.102. The van der Waals surface area contributed by atoms with E-state index in [1.54, 1.807) is 13.0 Å². The fraction of sp³-hybridized carbons (Fsp3) is 0.273. The number of esters is 1. The van der Waals surface area contributed by atoms with Crippen LogP contribution in [0.3, 0.4) is 0 Å². The molecule has 0 radical (unpaired) electrons. The van der Waals surface area contributed by atoms with E-state index in [-0.39, 0.29) is 23.6 Å². The monoisotopic (exact) mass is 241 g/mol. The standard InChI is InChI=1S/C11H9ClFNO2/c1-2-16-9(15)5-7-3-4-8(6-14)11(13)10(7)12/h3-4H,2,5H2,1H3. The molecule has 0 unspecified atom stereocenters. The molecular weight excluding hydrogens is 233 g/mol. The SMILES string of the molecule is CCOC(=O)Cc1ccc(C#N)c(F)c1Cl. The Morgan fingerprint density at radius 1 is 1.62 bits per heavy atom. The maximum Gasteiger partial charge on any atom is 0.310 e. The number of benzene rings is 1. The molecule has 1 rings (SSSR count). The highest BCUT2D eigenvalue weighted by Crippen LogP contribution is 2.23. The molecule has 1 aromatic carbocycles. The van der Waals surface area contributed by atoms with Crippen molar-refractivity contribution in [2.75, 3.05) is 6.61 Å². The van der Waals surface area contributed by atoms with Crippen LogP contribution in [0.5, 0.6) is 0 Å². The summed E-state index contributed by atoms with van der Waals surface area (Å²) in [5.41, 5.74) is 0.175. The summed E-state index contributed by atoms with van der Waals surface area (Å²) >= 11 is 5.69. The zero-order valence-electron chi connectivity index (χ0n) is 8.59. The molecule has 0 saturated carbocycles. The van der Waals surface area contributed by atoms with Crippen molar-refractivity contribution in [2.24, 2.45) is 0 Å². The van der Waals surface area contributed by atoms with Crippen LogP contribution in [0, 0.1) is 17.1 Å². The van der Waals surface area contributed by atoms with Gasteiger partial charge in [-0.1, -0.05) is 17.7 Å². The first kappa shape index (κ1) is 12.5. The van der Waals surface area contributed by atoms with E-state index in [0.717, 1.165) is 0 Å². The third kappa shape index (κ3) is 2.71. The van der Waals surface area contributed by atoms with Crippen molar-refractivity contribution >= 4 is 17.6 Å². The van der Waals surface area contributed by atoms with E-state index < -0.39 is 11.8 Å². The van der Waals surface area contributed by atoms with Crippen LogP contribution >= 0.6 is 11.6 Å². The summed E-state index contributed by atoms with van der Waals surface area (Å²) in [7, 11) is 0. The van der Waals surface area contributed by atoms with Crippen LogP contribution in [0.1, 0.15) is 18.1 Å². The Morgan fingerprint density at radius 2 is 2.31 bits per heavy atom. The first-order chi connectivity index (χ1) is 7.60. The van der Waals surface area contributed by atoms with Gasteiger partial charge in [0.1, 0.15) is 6.07 Å². The fourth-order valence-electron chi connectivity index (χ4n) is 1.18. The smallest absolute Gasteiger partial charge is 0.310 e. The van der Waals surface area contributed by atoms with Gasteiger partial charge in [0.05, 0.1) is 23.6 Å². The number of carbonyl (C=O) groups excluding carboxylic acids is 1. The topological polar surface area (TPSA) is 50.1 Å². The number of hydrogen-bond donors (Lipinski definition) is 0. The van der Waals surface area contributed by atoms with Crippen LogP contribution < -0.4 is 0 Å². The Labute approximate surface area is 97.4 Å². The maximum atomic E-state index is 13.4. The molecule has 0 amide bonds. The molecule has 5 heteroatoms. The van der Waals surface area contributed by atoms with Gasteiger partial charge in [0.25, 0.3) is 0 Å². The Bertz CT molecular complexity index is 454. The molecule has 0 aliphatic carbocycles. The Kier molecular flexibility index (Phi) is 4.27. The van der Waals surface area contributed by atoms with E-state index in [9.17, 15) is 9.18 Å². The van der Waals surface area contributed by atoms with Crippen molar-refractivity contribution in [1.82, 2.24) is 0 Å². The second kappa shape index (κ2) is 5.47. The molecule has 0 bridgehead atoms. The van der Waals surface area contributed by atoms with Crippen molar-refractivity contribution in [3.8, 4) is 6.07 Å². The number of nitrogens with zero attached hydrogens (tertiary/aromatic N) is 1. The summed E-state index contributed by atoms with van der Waals surface area (Å²) in [5, 5.41) is 8.36. The number of halogens is 2. The maximum absolute atomic E-state index is 13.4. The van der Waals surface area contributed by atoms with E-state index in [0.29, 0.717) is 5.56 Å². The molecule has 0 fully saturated rings. The first-order valence-corrected chi connectivity index (χ1v) is 5.00. The van der Waals surface area contributed by atoms with Gasteiger partial charge in [-0.3, -0.25) is 4.79 Å². The molecule has 0 saturated heterocycles. The normalized spacial score (nSPS) is 9.62. The lowest BCUT2D eigenvalue weighted by atomic mass is 10.1. The number of rotatable bonds is 3. The van der Waals surface area contributed by atoms with E-state index in [4.69, 9.17) is 21.6 Å². The zero-order valence-corrected chi connectivity index (χ0v) is 9.34. The molecule has 0 spiro atoms. The molecular formula is C11H9ClFNO2. The highest BCUT2D eigenvalue weighted by molar-refractivity contribution is 6.31. The highest BCUT2D eigenvalue weighted by atomic mass is 35.5. The predicted molar refractivity (Wildman–Crippen MR) is 56.5 cm³/mol. The van der Waals surface area contributed by atoms with Crippen LogP contribution in [-0.4, -0.2) is 12.6 Å². The van der Waals surface area contributed by atoms with Crippen molar-refractivity contribution < 1.29 is 13.9 Å². The second-order valence-electron chi connectivity index (χ2n) is 2.99. The fourth-order valence-corrected chi connectivity index (χ4v) is 1.41. The number of nitriles is 1. The molecule has 0 atom stereocenters. The van der Waals surface area contributed by atoms with E-state index >= 15 is 0 Å². The molecule has 0 heterocycles. The Hall–Kier alpha value is -1.60. The van der Waals surface area contributed by atoms with Crippen LogP contribution in [0.15, 0.2) is 12.1 Å². The van der Waals surface area contributed by atoms with Gasteiger partial charge in [0, 0.05) is 0 Å². The highest BCUT2D eigenvalue weighted by Gasteiger charge is 2.14. The molecule has 0 aliphatic heterocycles. The number of ether oxygens (including phenoxy) is 1. The van der Waals surface area contributed by atoms with Crippen molar-refractivity contribution in [3.63, 3.8) is 0 Å². The lowest BCUT2D eigenvalue weighted by Gasteiger charge is -2.05. The lowest BCUT2D eigenvalue weighted by Crippen LogP contribution is -2.08. The van der Waals surface area contributed by atoms with Gasteiger partial charge in [0.2, 0.25) is 0 Å².